The van der Waals surface area contributed by atoms with Crippen LogP contribution >= 0.6 is 0 Å². The lowest BCUT2D eigenvalue weighted by Gasteiger charge is -2.27. The van der Waals surface area contributed by atoms with Crippen LogP contribution < -0.4 is 10.5 Å². The van der Waals surface area contributed by atoms with E-state index in [4.69, 9.17) is 0 Å². The molecule has 2 aromatic carbocycles. The van der Waals surface area contributed by atoms with Gasteiger partial charge < -0.3 is 14.9 Å². The molecule has 148 valence electrons. The first-order valence-electron chi connectivity index (χ1n) is 9.18. The van der Waals surface area contributed by atoms with Crippen LogP contribution in [0.2, 0.25) is 0 Å². The third-order valence-corrected chi connectivity index (χ3v) is 7.37. The van der Waals surface area contributed by atoms with Gasteiger partial charge in [0.05, 0.1) is 27.4 Å². The van der Waals surface area contributed by atoms with Crippen molar-refractivity contribution in [2.45, 2.75) is 11.8 Å². The van der Waals surface area contributed by atoms with Gasteiger partial charge in [-0.05, 0) is 42.8 Å². The summed E-state index contributed by atoms with van der Waals surface area (Å²) in [6.07, 6.45) is 0. The van der Waals surface area contributed by atoms with Crippen LogP contribution in [-0.2, 0) is 9.84 Å². The van der Waals surface area contributed by atoms with Gasteiger partial charge in [0.25, 0.3) is 5.56 Å². The van der Waals surface area contributed by atoms with E-state index in [9.17, 15) is 17.6 Å². The molecule has 0 radical (unpaired) electrons. The van der Waals surface area contributed by atoms with Crippen molar-refractivity contribution in [1.29, 1.82) is 0 Å². The average Bonchev–Trinajstić information content (AvgIpc) is 3.03. The third kappa shape index (κ3) is 2.59. The second-order valence-corrected chi connectivity index (χ2v) is 9.52. The van der Waals surface area contributed by atoms with Crippen LogP contribution in [0, 0.1) is 12.7 Å². The Bertz CT molecular complexity index is 1480. The highest BCUT2D eigenvalue weighted by atomic mass is 32.2. The third-order valence-electron chi connectivity index (χ3n) is 5.65. The molecule has 0 atom stereocenters. The summed E-state index contributed by atoms with van der Waals surface area (Å²) in [6.45, 7) is 2.14. The van der Waals surface area contributed by atoms with Crippen LogP contribution in [0.3, 0.4) is 0 Å². The van der Waals surface area contributed by atoms with Crippen LogP contribution in [0.1, 0.15) is 5.56 Å². The van der Waals surface area contributed by atoms with Crippen molar-refractivity contribution in [2.24, 2.45) is 0 Å². The second kappa shape index (κ2) is 5.93. The second-order valence-electron chi connectivity index (χ2n) is 7.44. The van der Waals surface area contributed by atoms with E-state index in [1.807, 2.05) is 18.0 Å². The molecule has 1 aliphatic rings. The highest BCUT2D eigenvalue weighted by Crippen LogP contribution is 2.37. The fourth-order valence-electron chi connectivity index (χ4n) is 4.07. The van der Waals surface area contributed by atoms with E-state index in [-0.39, 0.29) is 16.2 Å². The zero-order valence-corrected chi connectivity index (χ0v) is 16.7. The number of pyridine rings is 1. The Morgan fingerprint density at radius 2 is 1.86 bits per heavy atom. The predicted octanol–water partition coefficient (Wildman–Crippen LogP) is 3.35. The van der Waals surface area contributed by atoms with Gasteiger partial charge in [-0.25, -0.2) is 12.8 Å². The summed E-state index contributed by atoms with van der Waals surface area (Å²) in [5, 5.41) is 0.573. The minimum absolute atomic E-state index is 0.0510. The number of halogens is 1. The zero-order chi connectivity index (χ0) is 20.5. The van der Waals surface area contributed by atoms with Crippen LogP contribution in [0.4, 0.5) is 10.1 Å². The predicted molar refractivity (Wildman–Crippen MR) is 112 cm³/mol. The summed E-state index contributed by atoms with van der Waals surface area (Å²) in [4.78, 5) is 20.9. The first-order valence-corrected chi connectivity index (χ1v) is 10.8. The maximum absolute atomic E-state index is 13.8. The lowest BCUT2D eigenvalue weighted by atomic mass is 9.99. The van der Waals surface area contributed by atoms with Gasteiger partial charge in [-0.1, -0.05) is 6.07 Å². The van der Waals surface area contributed by atoms with Gasteiger partial charge in [-0.15, -0.1) is 0 Å². The molecule has 0 spiro atoms. The van der Waals surface area contributed by atoms with Crippen LogP contribution in [-0.4, -0.2) is 37.7 Å². The van der Waals surface area contributed by atoms with Gasteiger partial charge in [-0.2, -0.15) is 0 Å². The molecular weight excluding hydrogens is 393 g/mol. The largest absolute Gasteiger partial charge is 0.373 e. The molecule has 8 heteroatoms. The monoisotopic (exact) mass is 411 g/mol. The Balaban J connectivity index is 1.87. The molecule has 0 saturated heterocycles. The van der Waals surface area contributed by atoms with Crippen LogP contribution in [0.25, 0.3) is 33.1 Å². The fourth-order valence-corrected chi connectivity index (χ4v) is 5.66. The lowest BCUT2D eigenvalue weighted by molar-refractivity contribution is 0.591. The maximum Gasteiger partial charge on any atom is 0.252 e. The Kier molecular flexibility index (Phi) is 3.67. The molecule has 2 aromatic heterocycles. The molecular formula is C21H18FN3O3S. The molecule has 0 fully saturated rings. The van der Waals surface area contributed by atoms with Crippen molar-refractivity contribution < 1.29 is 12.8 Å². The summed E-state index contributed by atoms with van der Waals surface area (Å²) < 4.78 is 39.1. The van der Waals surface area contributed by atoms with Gasteiger partial charge >= 0.3 is 0 Å². The Morgan fingerprint density at radius 3 is 2.66 bits per heavy atom. The van der Waals surface area contributed by atoms with Crippen molar-refractivity contribution in [2.75, 3.05) is 24.2 Å². The Labute approximate surface area is 165 Å². The number of aromatic nitrogens is 2. The van der Waals surface area contributed by atoms with Crippen LogP contribution in [0.5, 0.6) is 0 Å². The lowest BCUT2D eigenvalue weighted by Crippen LogP contribution is -2.32. The smallest absolute Gasteiger partial charge is 0.252 e. The van der Waals surface area contributed by atoms with E-state index in [0.29, 0.717) is 50.9 Å². The zero-order valence-electron chi connectivity index (χ0n) is 15.8. The molecule has 0 amide bonds. The quantitative estimate of drug-likeness (QED) is 0.503. The number of aromatic amines is 2. The highest BCUT2D eigenvalue weighted by molar-refractivity contribution is 7.91. The first-order chi connectivity index (χ1) is 13.8. The molecule has 6 nitrogen and oxygen atoms in total. The van der Waals surface area contributed by atoms with Crippen molar-refractivity contribution >= 4 is 37.5 Å². The molecule has 0 saturated carbocycles. The molecule has 0 unspecified atom stereocenters. The number of hydrogen-bond acceptors (Lipinski definition) is 4. The van der Waals surface area contributed by atoms with E-state index in [0.717, 1.165) is 0 Å². The number of anilines is 1. The van der Waals surface area contributed by atoms with Crippen molar-refractivity contribution in [3.05, 3.63) is 58.1 Å². The van der Waals surface area contributed by atoms with Gasteiger partial charge in [0.2, 0.25) is 0 Å². The first kappa shape index (κ1) is 17.9. The molecule has 1 aliphatic heterocycles. The number of nitrogens with zero attached hydrogens (tertiary/aromatic N) is 1. The molecule has 2 N–H and O–H groups in total. The average molecular weight is 411 g/mol. The van der Waals surface area contributed by atoms with Crippen molar-refractivity contribution in [3.8, 4) is 11.1 Å². The number of sulfone groups is 1. The van der Waals surface area contributed by atoms with E-state index in [1.165, 1.54) is 12.1 Å². The summed E-state index contributed by atoms with van der Waals surface area (Å²) >= 11 is 0. The fraction of sp³-hybridized carbons (Fsp3) is 0.190. The van der Waals surface area contributed by atoms with E-state index < -0.39 is 15.7 Å². The topological polar surface area (TPSA) is 86.0 Å². The normalized spacial score (nSPS) is 15.8. The molecule has 4 aromatic rings. The van der Waals surface area contributed by atoms with Crippen LogP contribution in [0.15, 0.2) is 46.1 Å². The SMILES string of the molecule is Cc1c(-c2ccc3c(c2)S(=O)(=O)CCN3C)c2[nH]c3ccc(F)cc3c2[nH]c1=O. The van der Waals surface area contributed by atoms with E-state index >= 15 is 0 Å². The molecule has 0 bridgehead atoms. The van der Waals surface area contributed by atoms with Crippen molar-refractivity contribution in [1.82, 2.24) is 9.97 Å². The molecule has 0 aliphatic carbocycles. The number of rotatable bonds is 1. The van der Waals surface area contributed by atoms with Gasteiger partial charge in [0.1, 0.15) is 5.82 Å². The van der Waals surface area contributed by atoms with E-state index in [2.05, 4.69) is 9.97 Å². The minimum atomic E-state index is -3.40. The summed E-state index contributed by atoms with van der Waals surface area (Å²) in [7, 11) is -1.54. The Morgan fingerprint density at radius 1 is 1.07 bits per heavy atom. The summed E-state index contributed by atoms with van der Waals surface area (Å²) in [5.41, 5.74) is 3.90. The number of H-pyrrole nitrogens is 2. The van der Waals surface area contributed by atoms with E-state index in [1.54, 1.807) is 25.1 Å². The number of nitrogens with one attached hydrogen (secondary N) is 2. The molecule has 29 heavy (non-hydrogen) atoms. The highest BCUT2D eigenvalue weighted by Gasteiger charge is 2.28. The van der Waals surface area contributed by atoms with Crippen molar-refractivity contribution in [3.63, 3.8) is 0 Å². The number of hydrogen-bond donors (Lipinski definition) is 2. The van der Waals surface area contributed by atoms with Gasteiger partial charge in [-0.3, -0.25) is 4.79 Å². The van der Waals surface area contributed by atoms with Gasteiger partial charge in [0, 0.05) is 35.6 Å². The molecule has 3 heterocycles. The Hall–Kier alpha value is -3.13. The summed E-state index contributed by atoms with van der Waals surface area (Å²) in [6, 6.07) is 9.57. The summed E-state index contributed by atoms with van der Waals surface area (Å²) in [5.74, 6) is -0.348. The standard InChI is InChI=1S/C21H18FN3O3S/c1-11-18(12-3-6-16-17(9-12)29(27,28)8-7-25(16)2)20-19(24-21(11)26)14-10-13(22)4-5-15(14)23-20/h3-6,9-10,23H,7-8H2,1-2H3,(H,24,26). The minimum Gasteiger partial charge on any atom is -0.373 e. The van der Waals surface area contributed by atoms with Gasteiger partial charge in [0.15, 0.2) is 9.84 Å². The number of fused-ring (bicyclic) bond motifs is 4. The number of benzene rings is 2. The molecule has 5 rings (SSSR count). The maximum atomic E-state index is 13.8.